The van der Waals surface area contributed by atoms with Crippen LogP contribution in [-0.2, 0) is 4.79 Å². The molecule has 1 saturated heterocycles. The van der Waals surface area contributed by atoms with E-state index in [1.54, 1.807) is 5.01 Å². The zero-order valence-electron chi connectivity index (χ0n) is 8.82. The molecule has 0 aromatic rings. The molecule has 0 aromatic heterocycles. The van der Waals surface area contributed by atoms with Crippen molar-refractivity contribution in [2.75, 3.05) is 13.1 Å². The first-order valence-corrected chi connectivity index (χ1v) is 4.97. The van der Waals surface area contributed by atoms with E-state index in [-0.39, 0.29) is 30.3 Å². The maximum atomic E-state index is 11.7. The predicted octanol–water partition coefficient (Wildman–Crippen LogP) is 0.518. The number of halogens is 1. The summed E-state index contributed by atoms with van der Waals surface area (Å²) in [5, 5.41) is 1.65. The second-order valence-electron chi connectivity index (χ2n) is 3.66. The molecule has 14 heavy (non-hydrogen) atoms. The van der Waals surface area contributed by atoms with Gasteiger partial charge in [-0.05, 0) is 12.3 Å². The van der Waals surface area contributed by atoms with E-state index < -0.39 is 0 Å². The topological polar surface area (TPSA) is 58.4 Å². The number of rotatable bonds is 3. The molecule has 1 amide bonds. The number of carbonyl (C=O) groups excluding carboxylic acids is 1. The molecule has 0 radical (unpaired) electrons. The molecule has 1 unspecified atom stereocenters. The van der Waals surface area contributed by atoms with Crippen molar-refractivity contribution in [3.05, 3.63) is 0 Å². The van der Waals surface area contributed by atoms with Gasteiger partial charge in [0.1, 0.15) is 0 Å². The van der Waals surface area contributed by atoms with Crippen LogP contribution >= 0.6 is 12.4 Å². The van der Waals surface area contributed by atoms with Gasteiger partial charge in [0.15, 0.2) is 0 Å². The Morgan fingerprint density at radius 2 is 2.29 bits per heavy atom. The summed E-state index contributed by atoms with van der Waals surface area (Å²) in [6.07, 6.45) is 1.97. The summed E-state index contributed by atoms with van der Waals surface area (Å²) in [5.74, 6) is 0.293. The van der Waals surface area contributed by atoms with E-state index in [1.165, 1.54) is 0 Å². The second-order valence-corrected chi connectivity index (χ2v) is 3.66. The molecule has 2 atom stereocenters. The summed E-state index contributed by atoms with van der Waals surface area (Å²) in [6.45, 7) is 5.75. The standard InChI is InChI=1S/C9H19N3O.ClH/c1-3-7(2)8(10)9(13)12-6-4-5-11-12;/h7-8,11H,3-6,10H2,1-2H3;1H/t7?,8-;/m0./s1. The van der Waals surface area contributed by atoms with Crippen molar-refractivity contribution in [1.82, 2.24) is 10.4 Å². The van der Waals surface area contributed by atoms with E-state index in [1.807, 2.05) is 6.92 Å². The zero-order valence-corrected chi connectivity index (χ0v) is 9.64. The van der Waals surface area contributed by atoms with Gasteiger partial charge in [0.05, 0.1) is 6.04 Å². The molecule has 0 spiro atoms. The highest BCUT2D eigenvalue weighted by Crippen LogP contribution is 2.09. The molecule has 3 N–H and O–H groups in total. The van der Waals surface area contributed by atoms with Crippen LogP contribution in [0, 0.1) is 5.92 Å². The number of hydrogen-bond acceptors (Lipinski definition) is 3. The molecule has 0 aromatic carbocycles. The van der Waals surface area contributed by atoms with Crippen molar-refractivity contribution < 1.29 is 4.79 Å². The lowest BCUT2D eigenvalue weighted by atomic mass is 9.99. The summed E-state index contributed by atoms with van der Waals surface area (Å²) in [7, 11) is 0. The Bertz CT molecular complexity index is 183. The Balaban J connectivity index is 0.00000169. The van der Waals surface area contributed by atoms with Crippen molar-refractivity contribution in [3.8, 4) is 0 Å². The van der Waals surface area contributed by atoms with Gasteiger partial charge in [-0.3, -0.25) is 9.80 Å². The first kappa shape index (κ1) is 13.7. The molecule has 0 bridgehead atoms. The van der Waals surface area contributed by atoms with E-state index in [2.05, 4.69) is 12.3 Å². The average Bonchev–Trinajstić information content (AvgIpc) is 2.67. The number of nitrogens with zero attached hydrogens (tertiary/aromatic N) is 1. The molecule has 1 fully saturated rings. The van der Waals surface area contributed by atoms with Crippen LogP contribution in [0.4, 0.5) is 0 Å². The first-order valence-electron chi connectivity index (χ1n) is 4.97. The number of carbonyl (C=O) groups is 1. The van der Waals surface area contributed by atoms with Crippen LogP contribution in [0.5, 0.6) is 0 Å². The monoisotopic (exact) mass is 221 g/mol. The Morgan fingerprint density at radius 3 is 2.71 bits per heavy atom. The molecule has 1 heterocycles. The fourth-order valence-corrected chi connectivity index (χ4v) is 1.40. The Labute approximate surface area is 91.6 Å². The highest BCUT2D eigenvalue weighted by atomic mass is 35.5. The summed E-state index contributed by atoms with van der Waals surface area (Å²) < 4.78 is 0. The molecule has 0 aliphatic carbocycles. The minimum absolute atomic E-state index is 0. The number of nitrogens with two attached hydrogens (primary N) is 1. The highest BCUT2D eigenvalue weighted by Gasteiger charge is 2.26. The fourth-order valence-electron chi connectivity index (χ4n) is 1.40. The van der Waals surface area contributed by atoms with Gasteiger partial charge in [0, 0.05) is 13.1 Å². The van der Waals surface area contributed by atoms with Crippen LogP contribution in [0.2, 0.25) is 0 Å². The molecule has 4 nitrogen and oxygen atoms in total. The fraction of sp³-hybridized carbons (Fsp3) is 0.889. The van der Waals surface area contributed by atoms with E-state index in [0.717, 1.165) is 25.9 Å². The van der Waals surface area contributed by atoms with Crippen LogP contribution < -0.4 is 11.2 Å². The average molecular weight is 222 g/mol. The predicted molar refractivity (Wildman–Crippen MR) is 59.0 cm³/mol. The Kier molecular flexibility index (Phi) is 6.08. The van der Waals surface area contributed by atoms with Gasteiger partial charge in [-0.15, -0.1) is 12.4 Å². The third-order valence-electron chi connectivity index (χ3n) is 2.67. The van der Waals surface area contributed by atoms with E-state index >= 15 is 0 Å². The van der Waals surface area contributed by atoms with Crippen LogP contribution in [0.1, 0.15) is 26.7 Å². The van der Waals surface area contributed by atoms with Gasteiger partial charge in [-0.1, -0.05) is 20.3 Å². The summed E-state index contributed by atoms with van der Waals surface area (Å²) in [5.41, 5.74) is 8.84. The van der Waals surface area contributed by atoms with Crippen LogP contribution in [0.25, 0.3) is 0 Å². The van der Waals surface area contributed by atoms with Gasteiger partial charge in [0.25, 0.3) is 5.91 Å². The highest BCUT2D eigenvalue weighted by molar-refractivity contribution is 5.85. The minimum Gasteiger partial charge on any atom is -0.320 e. The second kappa shape index (κ2) is 6.22. The summed E-state index contributed by atoms with van der Waals surface area (Å²) in [6, 6.07) is -0.351. The van der Waals surface area contributed by atoms with Gasteiger partial charge in [-0.2, -0.15) is 0 Å². The minimum atomic E-state index is -0.351. The summed E-state index contributed by atoms with van der Waals surface area (Å²) in [4.78, 5) is 11.7. The van der Waals surface area contributed by atoms with Crippen molar-refractivity contribution >= 4 is 18.3 Å². The molecule has 1 rings (SSSR count). The van der Waals surface area contributed by atoms with Crippen LogP contribution in [0.3, 0.4) is 0 Å². The maximum Gasteiger partial charge on any atom is 0.253 e. The third-order valence-corrected chi connectivity index (χ3v) is 2.67. The quantitative estimate of drug-likeness (QED) is 0.731. The third kappa shape index (κ3) is 3.12. The molecule has 0 saturated carbocycles. The Hall–Kier alpha value is -0.320. The maximum absolute atomic E-state index is 11.7. The van der Waals surface area contributed by atoms with Crippen molar-refractivity contribution in [3.63, 3.8) is 0 Å². The van der Waals surface area contributed by atoms with E-state index in [4.69, 9.17) is 5.73 Å². The van der Waals surface area contributed by atoms with E-state index in [9.17, 15) is 4.79 Å². The molecule has 1 aliphatic heterocycles. The number of amides is 1. The van der Waals surface area contributed by atoms with Crippen molar-refractivity contribution in [1.29, 1.82) is 0 Å². The van der Waals surface area contributed by atoms with E-state index in [0.29, 0.717) is 0 Å². The zero-order chi connectivity index (χ0) is 9.84. The molecular weight excluding hydrogens is 202 g/mol. The lowest BCUT2D eigenvalue weighted by Crippen LogP contribution is -2.49. The van der Waals surface area contributed by atoms with Crippen LogP contribution in [0.15, 0.2) is 0 Å². The number of hydrogen-bond donors (Lipinski definition) is 2. The SMILES string of the molecule is CCC(C)[C@H](N)C(=O)N1CCCN1.Cl. The number of nitrogens with one attached hydrogen (secondary N) is 1. The van der Waals surface area contributed by atoms with Crippen molar-refractivity contribution in [2.45, 2.75) is 32.7 Å². The van der Waals surface area contributed by atoms with Gasteiger partial charge in [-0.25, -0.2) is 5.43 Å². The molecular formula is C9H20ClN3O. The number of hydrazine groups is 1. The first-order chi connectivity index (χ1) is 6.16. The molecule has 1 aliphatic rings. The molecule has 5 heteroatoms. The lowest BCUT2D eigenvalue weighted by molar-refractivity contribution is -0.135. The van der Waals surface area contributed by atoms with Crippen molar-refractivity contribution in [2.24, 2.45) is 11.7 Å². The lowest BCUT2D eigenvalue weighted by Gasteiger charge is -2.23. The largest absolute Gasteiger partial charge is 0.320 e. The van der Waals surface area contributed by atoms with Gasteiger partial charge >= 0.3 is 0 Å². The summed E-state index contributed by atoms with van der Waals surface area (Å²) >= 11 is 0. The van der Waals surface area contributed by atoms with Gasteiger partial charge in [0.2, 0.25) is 0 Å². The van der Waals surface area contributed by atoms with Gasteiger partial charge < -0.3 is 5.73 Å². The normalized spacial score (nSPS) is 20.1. The molecule has 84 valence electrons. The Morgan fingerprint density at radius 1 is 1.64 bits per heavy atom. The smallest absolute Gasteiger partial charge is 0.253 e. The van der Waals surface area contributed by atoms with Crippen LogP contribution in [-0.4, -0.2) is 30.0 Å².